The Balaban J connectivity index is 1.65. The minimum absolute atomic E-state index is 0.0327. The molecule has 1 atom stereocenters. The molecule has 1 aliphatic rings. The van der Waals surface area contributed by atoms with E-state index in [0.717, 1.165) is 43.4 Å². The van der Waals surface area contributed by atoms with Gasteiger partial charge in [-0.1, -0.05) is 37.5 Å². The zero-order chi connectivity index (χ0) is 24.2. The largest absolute Gasteiger partial charge is 0.507 e. The van der Waals surface area contributed by atoms with E-state index in [1.165, 1.54) is 10.7 Å². The summed E-state index contributed by atoms with van der Waals surface area (Å²) >= 11 is 0. The number of anilines is 1. The topological polar surface area (TPSA) is 96.3 Å². The highest BCUT2D eigenvalue weighted by Crippen LogP contribution is 2.38. The number of nitrogens with one attached hydrogen (secondary N) is 2. The van der Waals surface area contributed by atoms with E-state index in [9.17, 15) is 14.7 Å². The Morgan fingerprint density at radius 1 is 1.12 bits per heavy atom. The lowest BCUT2D eigenvalue weighted by Crippen LogP contribution is -2.37. The Bertz CT molecular complexity index is 1180. The first-order valence-electron chi connectivity index (χ1n) is 12.0. The fourth-order valence-electron chi connectivity index (χ4n) is 4.30. The van der Waals surface area contributed by atoms with E-state index in [1.807, 2.05) is 39.0 Å². The van der Waals surface area contributed by atoms with Gasteiger partial charge in [0.05, 0.1) is 11.4 Å². The Morgan fingerprint density at radius 3 is 2.50 bits per heavy atom. The number of phenols is 1. The molecule has 0 radical (unpaired) electrons. The summed E-state index contributed by atoms with van der Waals surface area (Å²) < 4.78 is 1.45. The molecule has 1 aromatic heterocycles. The van der Waals surface area contributed by atoms with Crippen LogP contribution in [0.2, 0.25) is 0 Å². The number of aromatic nitrogens is 2. The molecule has 1 heterocycles. The highest BCUT2D eigenvalue weighted by molar-refractivity contribution is 6.04. The van der Waals surface area contributed by atoms with Crippen LogP contribution in [0.3, 0.4) is 0 Å². The lowest BCUT2D eigenvalue weighted by molar-refractivity contribution is 0.102. The first kappa shape index (κ1) is 23.5. The highest BCUT2D eigenvalue weighted by atomic mass is 16.3. The van der Waals surface area contributed by atoms with Crippen molar-refractivity contribution >= 4 is 17.6 Å². The van der Waals surface area contributed by atoms with Crippen molar-refractivity contribution in [3.63, 3.8) is 0 Å². The second kappa shape index (κ2) is 10.1. The zero-order valence-corrected chi connectivity index (χ0v) is 20.0. The first-order valence-corrected chi connectivity index (χ1v) is 12.0. The maximum Gasteiger partial charge on any atom is 0.342 e. The Labute approximate surface area is 200 Å². The third kappa shape index (κ3) is 5.14. The predicted molar refractivity (Wildman–Crippen MR) is 133 cm³/mol. The summed E-state index contributed by atoms with van der Waals surface area (Å²) in [7, 11) is 0. The Morgan fingerprint density at radius 2 is 1.82 bits per heavy atom. The molecule has 7 heteroatoms. The van der Waals surface area contributed by atoms with E-state index in [4.69, 9.17) is 0 Å². The van der Waals surface area contributed by atoms with Crippen LogP contribution in [0, 0.1) is 6.92 Å². The summed E-state index contributed by atoms with van der Waals surface area (Å²) in [5, 5.41) is 21.1. The van der Waals surface area contributed by atoms with E-state index >= 15 is 0 Å². The fourth-order valence-corrected chi connectivity index (χ4v) is 4.30. The molecule has 2 aromatic carbocycles. The maximum atomic E-state index is 13.0. The number of carbonyl (C=O) groups is 2. The van der Waals surface area contributed by atoms with Gasteiger partial charge in [0.25, 0.3) is 5.91 Å². The van der Waals surface area contributed by atoms with Gasteiger partial charge in [-0.15, -0.1) is 0 Å². The van der Waals surface area contributed by atoms with E-state index in [-0.39, 0.29) is 29.6 Å². The molecular weight excluding hydrogens is 428 g/mol. The minimum Gasteiger partial charge on any atom is -0.507 e. The maximum absolute atomic E-state index is 13.0. The van der Waals surface area contributed by atoms with Crippen LogP contribution in [-0.2, 0) is 0 Å². The molecule has 0 saturated heterocycles. The van der Waals surface area contributed by atoms with Gasteiger partial charge in [0.15, 0.2) is 0 Å². The number of aryl methyl sites for hydroxylation is 1. The highest BCUT2D eigenvalue weighted by Gasteiger charge is 2.26. The quantitative estimate of drug-likeness (QED) is 0.403. The van der Waals surface area contributed by atoms with Crippen molar-refractivity contribution in [1.29, 1.82) is 0 Å². The molecule has 2 amide bonds. The van der Waals surface area contributed by atoms with Gasteiger partial charge in [-0.25, -0.2) is 4.79 Å². The second-order valence-corrected chi connectivity index (χ2v) is 9.16. The van der Waals surface area contributed by atoms with E-state index < -0.39 is 0 Å². The van der Waals surface area contributed by atoms with Crippen LogP contribution in [0.25, 0.3) is 11.3 Å². The summed E-state index contributed by atoms with van der Waals surface area (Å²) in [5.41, 5.74) is 4.01. The number of hydrogen-bond donors (Lipinski definition) is 3. The van der Waals surface area contributed by atoms with Crippen LogP contribution in [-0.4, -0.2) is 32.9 Å². The van der Waals surface area contributed by atoms with Gasteiger partial charge in [-0.2, -0.15) is 9.78 Å². The number of carbonyl (C=O) groups excluding carboxylic acids is 2. The van der Waals surface area contributed by atoms with Gasteiger partial charge in [-0.05, 0) is 69.5 Å². The Kier molecular flexibility index (Phi) is 7.01. The molecule has 1 saturated carbocycles. The molecule has 3 aromatic rings. The summed E-state index contributed by atoms with van der Waals surface area (Å²) in [4.78, 5) is 25.6. The van der Waals surface area contributed by atoms with Gasteiger partial charge in [0, 0.05) is 28.8 Å². The molecule has 1 aliphatic carbocycles. The van der Waals surface area contributed by atoms with Crippen molar-refractivity contribution in [2.45, 2.75) is 64.8 Å². The molecule has 7 nitrogen and oxygen atoms in total. The van der Waals surface area contributed by atoms with Gasteiger partial charge in [0.1, 0.15) is 5.75 Å². The van der Waals surface area contributed by atoms with Crippen LogP contribution in [0.1, 0.15) is 73.5 Å². The zero-order valence-electron chi connectivity index (χ0n) is 20.0. The third-order valence-electron chi connectivity index (χ3n) is 6.53. The number of phenolic OH excluding ortho intramolecular Hbond substituents is 1. The normalized spacial score (nSPS) is 14.7. The predicted octanol–water partition coefficient (Wildman–Crippen LogP) is 5.83. The molecular formula is C27H32N4O3. The third-order valence-corrected chi connectivity index (χ3v) is 6.53. The first-order chi connectivity index (χ1) is 16.4. The number of rotatable bonds is 6. The van der Waals surface area contributed by atoms with E-state index in [1.54, 1.807) is 24.3 Å². The molecule has 178 valence electrons. The summed E-state index contributed by atoms with van der Waals surface area (Å²) in [5.74, 6) is 0.0653. The number of hydrogen-bond acceptors (Lipinski definition) is 4. The van der Waals surface area contributed by atoms with Gasteiger partial charge >= 0.3 is 6.03 Å². The average Bonchev–Trinajstić information content (AvgIpc) is 3.50. The lowest BCUT2D eigenvalue weighted by Gasteiger charge is -2.15. The van der Waals surface area contributed by atoms with Crippen molar-refractivity contribution in [3.8, 4) is 17.0 Å². The summed E-state index contributed by atoms with van der Waals surface area (Å²) in [6.07, 6.45) is 5.11. The van der Waals surface area contributed by atoms with Gasteiger partial charge in [-0.3, -0.25) is 4.79 Å². The smallest absolute Gasteiger partial charge is 0.342 e. The van der Waals surface area contributed by atoms with Crippen molar-refractivity contribution in [2.24, 2.45) is 0 Å². The Hall–Kier alpha value is -3.61. The van der Waals surface area contributed by atoms with Crippen molar-refractivity contribution in [2.75, 3.05) is 5.32 Å². The molecule has 0 spiro atoms. The van der Waals surface area contributed by atoms with Crippen molar-refractivity contribution in [1.82, 2.24) is 15.1 Å². The van der Waals surface area contributed by atoms with Crippen LogP contribution in [0.15, 0.2) is 48.5 Å². The van der Waals surface area contributed by atoms with Crippen LogP contribution in [0.5, 0.6) is 5.75 Å². The second-order valence-electron chi connectivity index (χ2n) is 9.16. The fraction of sp³-hybridized carbons (Fsp3) is 0.370. The van der Waals surface area contributed by atoms with E-state index in [2.05, 4.69) is 15.7 Å². The van der Waals surface area contributed by atoms with Crippen LogP contribution >= 0.6 is 0 Å². The summed E-state index contributed by atoms with van der Waals surface area (Å²) in [6.45, 7) is 5.95. The lowest BCUT2D eigenvalue weighted by atomic mass is 10.0. The average molecular weight is 461 g/mol. The van der Waals surface area contributed by atoms with Crippen molar-refractivity contribution in [3.05, 3.63) is 65.4 Å². The van der Waals surface area contributed by atoms with Crippen LogP contribution < -0.4 is 10.6 Å². The SMILES string of the molecule is CCC(C)NC(=O)n1nc(-c2cc(NC(=O)c3ccc(C)cc3)ccc2O)cc1C1CCCC1. The van der Waals surface area contributed by atoms with Gasteiger partial charge in [0.2, 0.25) is 0 Å². The van der Waals surface area contributed by atoms with Gasteiger partial charge < -0.3 is 15.7 Å². The van der Waals surface area contributed by atoms with E-state index in [0.29, 0.717) is 22.5 Å². The number of aromatic hydroxyl groups is 1. The number of benzene rings is 2. The molecule has 0 aliphatic heterocycles. The molecule has 0 bridgehead atoms. The standard InChI is InChI=1S/C27H32N4O3/c1-4-18(3)28-27(34)31-24(19-7-5-6-8-19)16-23(30-31)22-15-21(13-14-25(22)32)29-26(33)20-11-9-17(2)10-12-20/h9-16,18-19,32H,4-8H2,1-3H3,(H,28,34)(H,29,33). The van der Waals surface area contributed by atoms with Crippen LogP contribution in [0.4, 0.5) is 10.5 Å². The minimum atomic E-state index is -0.259. The summed E-state index contributed by atoms with van der Waals surface area (Å²) in [6, 6.07) is 13.9. The van der Waals surface area contributed by atoms with Crippen molar-refractivity contribution < 1.29 is 14.7 Å². The number of amides is 2. The number of nitrogens with zero attached hydrogens (tertiary/aromatic N) is 2. The molecule has 1 fully saturated rings. The molecule has 4 rings (SSSR count). The molecule has 3 N–H and O–H groups in total. The monoisotopic (exact) mass is 460 g/mol. The molecule has 1 unspecified atom stereocenters. The molecule has 34 heavy (non-hydrogen) atoms.